The molecule has 0 radical (unpaired) electrons. The molecule has 6 heteroatoms. The number of rotatable bonds is 5. The van der Waals surface area contributed by atoms with Crippen molar-refractivity contribution in [2.45, 2.75) is 0 Å². The maximum atomic E-state index is 7.08. The summed E-state index contributed by atoms with van der Waals surface area (Å²) in [4.78, 5) is 15.9. The van der Waals surface area contributed by atoms with Crippen molar-refractivity contribution in [3.63, 3.8) is 0 Å². The van der Waals surface area contributed by atoms with E-state index in [0.29, 0.717) is 23.1 Å². The second kappa shape index (κ2) is 13.8. The molecule has 0 N–H and O–H groups in total. The molecule has 0 fully saturated rings. The van der Waals surface area contributed by atoms with Gasteiger partial charge in [0.25, 0.3) is 0 Å². The number of hydrogen-bond acceptors (Lipinski definition) is 5. The SMILES string of the molecule is c1ccc(-c2ccc(-c3nc(-c4ccc5c(c4)oc4ccccc45)nc(-c4cc(-n5c6ccccc6c6cc7ccccc7cc65)cc5c4oc4c6ccccc6ccc54)n3)cc2)cc1. The van der Waals surface area contributed by atoms with Crippen LogP contribution in [-0.4, -0.2) is 19.5 Å². The van der Waals surface area contributed by atoms with Crippen molar-refractivity contribution in [3.05, 3.63) is 206 Å². The first-order valence-electron chi connectivity index (χ1n) is 21.8. The average Bonchev–Trinajstić information content (AvgIpc) is 4.05. The highest BCUT2D eigenvalue weighted by molar-refractivity contribution is 6.19. The summed E-state index contributed by atoms with van der Waals surface area (Å²) < 4.78 is 15.8. The molecular formula is C59H34N4O2. The Morgan fingerprint density at radius 1 is 0.308 bits per heavy atom. The number of aromatic nitrogens is 4. The third kappa shape index (κ3) is 5.57. The van der Waals surface area contributed by atoms with Gasteiger partial charge in [-0.25, -0.2) is 15.0 Å². The van der Waals surface area contributed by atoms with Crippen molar-refractivity contribution in [1.29, 1.82) is 0 Å². The van der Waals surface area contributed by atoms with Crippen LogP contribution < -0.4 is 0 Å². The Balaban J connectivity index is 1.06. The van der Waals surface area contributed by atoms with Crippen LogP contribution in [0, 0.1) is 0 Å². The second-order valence-corrected chi connectivity index (χ2v) is 16.8. The molecule has 14 rings (SSSR count). The molecule has 0 saturated heterocycles. The average molecular weight is 831 g/mol. The molecule has 0 atom stereocenters. The number of fused-ring (bicyclic) bond motifs is 12. The van der Waals surface area contributed by atoms with E-state index < -0.39 is 0 Å². The van der Waals surface area contributed by atoms with Crippen LogP contribution in [0.4, 0.5) is 0 Å². The van der Waals surface area contributed by atoms with Crippen LogP contribution in [0.5, 0.6) is 0 Å². The molecule has 302 valence electrons. The number of benzene rings is 10. The lowest BCUT2D eigenvalue weighted by molar-refractivity contribution is 0.669. The van der Waals surface area contributed by atoms with Crippen LogP contribution >= 0.6 is 0 Å². The molecule has 0 spiro atoms. The van der Waals surface area contributed by atoms with E-state index in [0.717, 1.165) is 93.6 Å². The lowest BCUT2D eigenvalue weighted by Crippen LogP contribution is -2.01. The monoisotopic (exact) mass is 830 g/mol. The zero-order valence-corrected chi connectivity index (χ0v) is 34.7. The van der Waals surface area contributed by atoms with Crippen LogP contribution in [0.15, 0.2) is 215 Å². The first-order valence-corrected chi connectivity index (χ1v) is 21.8. The molecule has 4 aromatic heterocycles. The molecular weight excluding hydrogens is 797 g/mol. The fraction of sp³-hybridized carbons (Fsp3) is 0. The summed E-state index contributed by atoms with van der Waals surface area (Å²) in [6.07, 6.45) is 0. The topological polar surface area (TPSA) is 69.9 Å². The van der Waals surface area contributed by atoms with E-state index >= 15 is 0 Å². The van der Waals surface area contributed by atoms with Gasteiger partial charge in [0.05, 0.1) is 16.6 Å². The fourth-order valence-electron chi connectivity index (χ4n) is 9.88. The Morgan fingerprint density at radius 3 is 1.77 bits per heavy atom. The lowest BCUT2D eigenvalue weighted by Gasteiger charge is -2.13. The number of hydrogen-bond donors (Lipinski definition) is 0. The third-order valence-electron chi connectivity index (χ3n) is 13.0. The molecule has 0 amide bonds. The maximum absolute atomic E-state index is 7.08. The van der Waals surface area contributed by atoms with Gasteiger partial charge in [-0.15, -0.1) is 0 Å². The zero-order chi connectivity index (χ0) is 42.6. The fourth-order valence-corrected chi connectivity index (χ4v) is 9.88. The zero-order valence-electron chi connectivity index (χ0n) is 34.7. The summed E-state index contributed by atoms with van der Waals surface area (Å²) in [7, 11) is 0. The van der Waals surface area contributed by atoms with Crippen LogP contribution in [-0.2, 0) is 0 Å². The molecule has 0 aliphatic rings. The molecule has 65 heavy (non-hydrogen) atoms. The van der Waals surface area contributed by atoms with E-state index in [1.54, 1.807) is 0 Å². The van der Waals surface area contributed by atoms with Gasteiger partial charge in [-0.3, -0.25) is 0 Å². The predicted octanol–water partition coefficient (Wildman–Crippen LogP) is 15.7. The van der Waals surface area contributed by atoms with E-state index in [1.165, 1.54) is 21.5 Å². The predicted molar refractivity (Wildman–Crippen MR) is 265 cm³/mol. The Bertz CT molecular complexity index is 4240. The van der Waals surface area contributed by atoms with Gasteiger partial charge in [0.1, 0.15) is 22.3 Å². The van der Waals surface area contributed by atoms with E-state index in [2.05, 4.69) is 180 Å². The summed E-state index contributed by atoms with van der Waals surface area (Å²) in [5, 5.41) is 11.0. The highest BCUT2D eigenvalue weighted by Gasteiger charge is 2.23. The highest BCUT2D eigenvalue weighted by Crippen LogP contribution is 2.43. The smallest absolute Gasteiger partial charge is 0.167 e. The number of para-hydroxylation sites is 2. The van der Waals surface area contributed by atoms with Gasteiger partial charge in [0.2, 0.25) is 0 Å². The van der Waals surface area contributed by atoms with Gasteiger partial charge in [-0.1, -0.05) is 152 Å². The first-order chi connectivity index (χ1) is 32.2. The van der Waals surface area contributed by atoms with E-state index in [-0.39, 0.29) is 0 Å². The lowest BCUT2D eigenvalue weighted by atomic mass is 10.0. The van der Waals surface area contributed by atoms with Crippen molar-refractivity contribution in [3.8, 4) is 51.0 Å². The Labute approximate surface area is 371 Å². The molecule has 0 bridgehead atoms. The van der Waals surface area contributed by atoms with Gasteiger partial charge in [0.15, 0.2) is 17.5 Å². The van der Waals surface area contributed by atoms with Crippen molar-refractivity contribution >= 4 is 87.2 Å². The molecule has 6 nitrogen and oxygen atoms in total. The molecule has 14 aromatic rings. The normalized spacial score (nSPS) is 12.0. The molecule has 0 aliphatic heterocycles. The highest BCUT2D eigenvalue weighted by atomic mass is 16.3. The minimum Gasteiger partial charge on any atom is -0.456 e. The summed E-state index contributed by atoms with van der Waals surface area (Å²) in [5.41, 5.74) is 11.1. The molecule has 4 heterocycles. The van der Waals surface area contributed by atoms with Crippen molar-refractivity contribution in [2.75, 3.05) is 0 Å². The minimum absolute atomic E-state index is 0.503. The largest absolute Gasteiger partial charge is 0.456 e. The maximum Gasteiger partial charge on any atom is 0.167 e. The molecule has 0 aliphatic carbocycles. The van der Waals surface area contributed by atoms with Crippen LogP contribution in [0.3, 0.4) is 0 Å². The number of furan rings is 2. The molecule has 0 saturated carbocycles. The van der Waals surface area contributed by atoms with E-state index in [9.17, 15) is 0 Å². The molecule has 0 unspecified atom stereocenters. The van der Waals surface area contributed by atoms with Crippen molar-refractivity contribution < 1.29 is 8.83 Å². The first kappa shape index (κ1) is 35.7. The van der Waals surface area contributed by atoms with Crippen LogP contribution in [0.2, 0.25) is 0 Å². The third-order valence-corrected chi connectivity index (χ3v) is 13.0. The second-order valence-electron chi connectivity index (χ2n) is 16.8. The van der Waals surface area contributed by atoms with Gasteiger partial charge in [-0.05, 0) is 81.9 Å². The Morgan fingerprint density at radius 2 is 0.923 bits per heavy atom. The van der Waals surface area contributed by atoms with Crippen molar-refractivity contribution in [2.24, 2.45) is 0 Å². The standard InChI is InChI=1S/C59H34N4O2/c1-2-12-35(13-3-1)36-22-24-38(25-23-36)57-60-58(41-27-28-46-45-19-9-11-21-53(45)64-54(46)32-41)62-59(61-57)50-34-42(33-49-47-29-26-37-14-6-7-17-43(37)55(47)65-56(49)50)63-51-20-10-8-18-44(51)48-30-39-15-4-5-16-40(39)31-52(48)63/h1-34H. The van der Waals surface area contributed by atoms with Gasteiger partial charge in [0, 0.05) is 54.5 Å². The van der Waals surface area contributed by atoms with Crippen LogP contribution in [0.25, 0.3) is 138 Å². The quantitative estimate of drug-likeness (QED) is 0.173. The number of nitrogens with zero attached hydrogens (tertiary/aromatic N) is 4. The Hall–Kier alpha value is -8.87. The summed E-state index contributed by atoms with van der Waals surface area (Å²) >= 11 is 0. The minimum atomic E-state index is 0.503. The molecule has 10 aromatic carbocycles. The summed E-state index contributed by atoms with van der Waals surface area (Å²) in [6.45, 7) is 0. The Kier molecular flexibility index (Phi) is 7.59. The van der Waals surface area contributed by atoms with Gasteiger partial charge < -0.3 is 13.4 Å². The van der Waals surface area contributed by atoms with Gasteiger partial charge >= 0.3 is 0 Å². The van der Waals surface area contributed by atoms with Gasteiger partial charge in [-0.2, -0.15) is 0 Å². The van der Waals surface area contributed by atoms with E-state index in [4.69, 9.17) is 23.8 Å². The van der Waals surface area contributed by atoms with E-state index in [1.807, 2.05) is 30.3 Å². The van der Waals surface area contributed by atoms with Crippen LogP contribution in [0.1, 0.15) is 0 Å². The summed E-state index contributed by atoms with van der Waals surface area (Å²) in [6, 6.07) is 72.2. The summed E-state index contributed by atoms with van der Waals surface area (Å²) in [5.74, 6) is 1.59. The van der Waals surface area contributed by atoms with Crippen molar-refractivity contribution in [1.82, 2.24) is 19.5 Å².